The first-order valence-electron chi connectivity index (χ1n) is 10.7. The molecule has 1 amide bonds. The third-order valence-electron chi connectivity index (χ3n) is 6.09. The number of sulfonamides is 1. The molecule has 2 N–H and O–H groups in total. The number of rotatable bonds is 6. The summed E-state index contributed by atoms with van der Waals surface area (Å²) in [6.45, 7) is 4.41. The fourth-order valence-corrected chi connectivity index (χ4v) is 7.66. The van der Waals surface area contributed by atoms with Crippen LogP contribution in [-0.2, 0) is 14.8 Å². The maximum atomic E-state index is 13.2. The monoisotopic (exact) mass is 480 g/mol. The summed E-state index contributed by atoms with van der Waals surface area (Å²) in [6, 6.07) is 16.7. The summed E-state index contributed by atoms with van der Waals surface area (Å²) in [6.07, 6.45) is 3.84. The van der Waals surface area contributed by atoms with Crippen molar-refractivity contribution in [3.05, 3.63) is 73.4 Å². The minimum Gasteiger partial charge on any atom is -0.341 e. The van der Waals surface area contributed by atoms with E-state index in [-0.39, 0.29) is 27.3 Å². The number of nitrogens with zero attached hydrogens (tertiary/aromatic N) is 2. The highest BCUT2D eigenvalue weighted by molar-refractivity contribution is 8.00. The van der Waals surface area contributed by atoms with Crippen LogP contribution in [0.3, 0.4) is 0 Å². The van der Waals surface area contributed by atoms with Gasteiger partial charge in [-0.05, 0) is 54.1 Å². The number of fused-ring (bicyclic) bond motifs is 2. The van der Waals surface area contributed by atoms with E-state index in [9.17, 15) is 13.2 Å². The molecule has 3 atom stereocenters. The second-order valence-corrected chi connectivity index (χ2v) is 11.6. The third-order valence-corrected chi connectivity index (χ3v) is 9.46. The molecule has 7 nitrogen and oxygen atoms in total. The average Bonchev–Trinajstić information content (AvgIpc) is 3.38. The Morgan fingerprint density at radius 2 is 1.88 bits per heavy atom. The first-order valence-corrected chi connectivity index (χ1v) is 13.1. The number of nitrogens with one attached hydrogen (secondary N) is 2. The van der Waals surface area contributed by atoms with E-state index in [0.29, 0.717) is 18.9 Å². The zero-order chi connectivity index (χ0) is 23.0. The van der Waals surface area contributed by atoms with Gasteiger partial charge in [0.05, 0.1) is 10.3 Å². The molecule has 2 saturated heterocycles. The Kier molecular flexibility index (Phi) is 5.86. The van der Waals surface area contributed by atoms with E-state index >= 15 is 0 Å². The number of pyridine rings is 1. The predicted octanol–water partition coefficient (Wildman–Crippen LogP) is 3.73. The molecular weight excluding hydrogens is 456 g/mol. The molecule has 2 aromatic carbocycles. The van der Waals surface area contributed by atoms with Crippen LogP contribution in [0.2, 0.25) is 0 Å². The van der Waals surface area contributed by atoms with Crippen molar-refractivity contribution in [2.45, 2.75) is 21.9 Å². The minimum absolute atomic E-state index is 0.0180. The largest absolute Gasteiger partial charge is 0.341 e. The average molecular weight is 481 g/mol. The van der Waals surface area contributed by atoms with Crippen molar-refractivity contribution in [3.8, 4) is 0 Å². The van der Waals surface area contributed by atoms with Crippen molar-refractivity contribution in [2.24, 2.45) is 5.92 Å². The minimum atomic E-state index is -3.57. The van der Waals surface area contributed by atoms with Gasteiger partial charge in [0.2, 0.25) is 15.9 Å². The first-order chi connectivity index (χ1) is 15.9. The molecule has 2 fully saturated rings. The van der Waals surface area contributed by atoms with Crippen molar-refractivity contribution < 1.29 is 13.2 Å². The normalized spacial score (nSPS) is 22.7. The predicted molar refractivity (Wildman–Crippen MR) is 132 cm³/mol. The van der Waals surface area contributed by atoms with E-state index in [4.69, 9.17) is 0 Å². The van der Waals surface area contributed by atoms with E-state index in [1.165, 1.54) is 6.08 Å². The molecule has 2 aliphatic heterocycles. The molecular formula is C24H24N4O3S2. The summed E-state index contributed by atoms with van der Waals surface area (Å²) in [5.41, 5.74) is 0.770. The Bertz CT molecular complexity index is 1300. The fourth-order valence-electron chi connectivity index (χ4n) is 4.39. The lowest BCUT2D eigenvalue weighted by Gasteiger charge is -2.19. The molecule has 5 rings (SSSR count). The van der Waals surface area contributed by atoms with Crippen molar-refractivity contribution in [2.75, 3.05) is 18.4 Å². The highest BCUT2D eigenvalue weighted by atomic mass is 32.2. The van der Waals surface area contributed by atoms with Crippen molar-refractivity contribution in [1.82, 2.24) is 14.6 Å². The Hall–Kier alpha value is -2.88. The number of hydrogen-bond donors (Lipinski definition) is 2. The van der Waals surface area contributed by atoms with Gasteiger partial charge in [-0.15, -0.1) is 11.8 Å². The van der Waals surface area contributed by atoms with E-state index in [1.807, 2.05) is 36.5 Å². The molecule has 1 aromatic heterocycles. The zero-order valence-electron chi connectivity index (χ0n) is 17.8. The Labute approximate surface area is 197 Å². The number of anilines is 2. The summed E-state index contributed by atoms with van der Waals surface area (Å²) in [5.74, 6) is 0.746. The standard InChI is InChI=1S/C24H24N4O3S2/c1-2-23(29)27-24-12-18-14-28(15-21(18)32-24)33(30,31)20-9-7-19(8-10-20)26-22-11-16-5-3-4-6-17(16)13-25-22/h2-11,13,18,21,24H,1,12,14-15H2,(H,25,26)(H,27,29). The smallest absolute Gasteiger partial charge is 0.244 e. The van der Waals surface area contributed by atoms with Gasteiger partial charge < -0.3 is 10.6 Å². The van der Waals surface area contributed by atoms with Crippen LogP contribution in [0.4, 0.5) is 11.5 Å². The van der Waals surface area contributed by atoms with Gasteiger partial charge in [-0.2, -0.15) is 4.31 Å². The molecule has 33 heavy (non-hydrogen) atoms. The molecule has 0 saturated carbocycles. The molecule has 0 spiro atoms. The van der Waals surface area contributed by atoms with Crippen LogP contribution in [0.25, 0.3) is 10.8 Å². The van der Waals surface area contributed by atoms with Gasteiger partial charge in [0.15, 0.2) is 0 Å². The highest BCUT2D eigenvalue weighted by Gasteiger charge is 2.45. The number of amides is 1. The van der Waals surface area contributed by atoms with Crippen molar-refractivity contribution in [1.29, 1.82) is 0 Å². The van der Waals surface area contributed by atoms with Gasteiger partial charge in [-0.25, -0.2) is 13.4 Å². The molecule has 3 heterocycles. The maximum Gasteiger partial charge on any atom is 0.244 e. The Balaban J connectivity index is 1.24. The second-order valence-electron chi connectivity index (χ2n) is 8.26. The van der Waals surface area contributed by atoms with E-state index in [1.54, 1.807) is 40.3 Å². The summed E-state index contributed by atoms with van der Waals surface area (Å²) in [7, 11) is -3.57. The number of carbonyl (C=O) groups excluding carboxylic acids is 1. The molecule has 0 bridgehead atoms. The van der Waals surface area contributed by atoms with E-state index in [0.717, 1.165) is 22.9 Å². The number of aromatic nitrogens is 1. The van der Waals surface area contributed by atoms with Crippen LogP contribution in [0.5, 0.6) is 0 Å². The van der Waals surface area contributed by atoms with Gasteiger partial charge in [0.1, 0.15) is 5.82 Å². The van der Waals surface area contributed by atoms with Crippen LogP contribution >= 0.6 is 11.8 Å². The van der Waals surface area contributed by atoms with Crippen LogP contribution in [0.15, 0.2) is 78.3 Å². The Morgan fingerprint density at radius 1 is 1.12 bits per heavy atom. The van der Waals surface area contributed by atoms with Gasteiger partial charge in [0, 0.05) is 35.6 Å². The molecule has 0 radical (unpaired) electrons. The summed E-state index contributed by atoms with van der Waals surface area (Å²) in [5, 5.41) is 8.49. The summed E-state index contributed by atoms with van der Waals surface area (Å²) in [4.78, 5) is 16.2. The number of benzene rings is 2. The van der Waals surface area contributed by atoms with Crippen LogP contribution in [0.1, 0.15) is 6.42 Å². The zero-order valence-corrected chi connectivity index (χ0v) is 19.5. The lowest BCUT2D eigenvalue weighted by Crippen LogP contribution is -2.33. The number of carbonyl (C=O) groups is 1. The lowest BCUT2D eigenvalue weighted by atomic mass is 10.1. The van der Waals surface area contributed by atoms with Crippen LogP contribution in [0, 0.1) is 5.92 Å². The topological polar surface area (TPSA) is 91.4 Å². The quantitative estimate of drug-likeness (QED) is 0.523. The second kappa shape index (κ2) is 8.81. The Morgan fingerprint density at radius 3 is 2.61 bits per heavy atom. The molecule has 170 valence electrons. The van der Waals surface area contributed by atoms with Gasteiger partial charge >= 0.3 is 0 Å². The fraction of sp³-hybridized carbons (Fsp3) is 0.250. The van der Waals surface area contributed by atoms with Crippen LogP contribution < -0.4 is 10.6 Å². The number of thioether (sulfide) groups is 1. The van der Waals surface area contributed by atoms with Gasteiger partial charge in [0.25, 0.3) is 0 Å². The molecule has 3 aromatic rings. The molecule has 3 unspecified atom stereocenters. The molecule has 9 heteroatoms. The van der Waals surface area contributed by atoms with E-state index < -0.39 is 10.0 Å². The van der Waals surface area contributed by atoms with Gasteiger partial charge in [-0.1, -0.05) is 30.8 Å². The third kappa shape index (κ3) is 4.48. The summed E-state index contributed by atoms with van der Waals surface area (Å²) < 4.78 is 27.9. The molecule has 0 aliphatic carbocycles. The first kappa shape index (κ1) is 21.9. The SMILES string of the molecule is C=CC(=O)NC1CC2CN(S(=O)(=O)c3ccc(Nc4cc5ccccc5cn4)cc3)CC2S1. The van der Waals surface area contributed by atoms with Crippen LogP contribution in [-0.4, -0.2) is 47.3 Å². The van der Waals surface area contributed by atoms with Gasteiger partial charge in [-0.3, -0.25) is 4.79 Å². The van der Waals surface area contributed by atoms with Crippen molar-refractivity contribution >= 4 is 50.0 Å². The van der Waals surface area contributed by atoms with E-state index in [2.05, 4.69) is 22.2 Å². The molecule has 2 aliphatic rings. The summed E-state index contributed by atoms with van der Waals surface area (Å²) >= 11 is 1.64. The van der Waals surface area contributed by atoms with Crippen molar-refractivity contribution in [3.63, 3.8) is 0 Å². The highest BCUT2D eigenvalue weighted by Crippen LogP contribution is 2.43. The number of hydrogen-bond acceptors (Lipinski definition) is 6. The lowest BCUT2D eigenvalue weighted by molar-refractivity contribution is -0.116. The maximum absolute atomic E-state index is 13.2.